The van der Waals surface area contributed by atoms with Crippen LogP contribution in [0.4, 0.5) is 0 Å². The van der Waals surface area contributed by atoms with Gasteiger partial charge in [-0.1, -0.05) is 55.5 Å². The molecule has 18 heavy (non-hydrogen) atoms. The Morgan fingerprint density at radius 2 is 2.00 bits per heavy atom. The van der Waals surface area contributed by atoms with Gasteiger partial charge >= 0.3 is 0 Å². The fraction of sp³-hybridized carbons (Fsp3) is 0.933. The molecule has 1 amide bonds. The Morgan fingerprint density at radius 1 is 1.33 bits per heavy atom. The summed E-state index contributed by atoms with van der Waals surface area (Å²) < 4.78 is 0. The molecule has 0 aromatic rings. The molecule has 1 fully saturated rings. The molecule has 0 N–H and O–H groups in total. The smallest absolute Gasteiger partial charge is 0.225 e. The van der Waals surface area contributed by atoms with Gasteiger partial charge in [-0.25, -0.2) is 0 Å². The van der Waals surface area contributed by atoms with Crippen molar-refractivity contribution in [3.05, 3.63) is 0 Å². The minimum Gasteiger partial charge on any atom is -0.339 e. The lowest BCUT2D eigenvalue weighted by Gasteiger charge is -2.31. The molecule has 1 atom stereocenters. The largest absolute Gasteiger partial charge is 0.339 e. The summed E-state index contributed by atoms with van der Waals surface area (Å²) in [6.45, 7) is 5.23. The van der Waals surface area contributed by atoms with Gasteiger partial charge in [0.25, 0.3) is 0 Å². The van der Waals surface area contributed by atoms with Crippen LogP contribution < -0.4 is 0 Å². The van der Waals surface area contributed by atoms with E-state index in [1.54, 1.807) is 0 Å². The summed E-state index contributed by atoms with van der Waals surface area (Å²) in [5.74, 6) is 0.668. The van der Waals surface area contributed by atoms with E-state index in [4.69, 9.17) is 0 Å². The Labute approximate surface area is 121 Å². The summed E-state index contributed by atoms with van der Waals surface area (Å²) in [6, 6.07) is 0.519. The summed E-state index contributed by atoms with van der Waals surface area (Å²) in [4.78, 5) is 14.8. The van der Waals surface area contributed by atoms with Gasteiger partial charge in [0.2, 0.25) is 5.91 Å². The minimum atomic E-state index is 0.254. The average Bonchev–Trinajstić information content (AvgIpc) is 2.90. The van der Waals surface area contributed by atoms with Gasteiger partial charge in [0, 0.05) is 23.8 Å². The first-order valence-electron chi connectivity index (χ1n) is 7.61. The van der Waals surface area contributed by atoms with Crippen molar-refractivity contribution in [2.45, 2.75) is 71.3 Å². The normalized spacial score (nSPS) is 17.9. The average molecular weight is 318 g/mol. The summed E-state index contributed by atoms with van der Waals surface area (Å²) in [6.07, 6.45) is 9.43. The molecular formula is C15H28BrNO. The van der Waals surface area contributed by atoms with Crippen LogP contribution in [0.15, 0.2) is 0 Å². The predicted molar refractivity (Wildman–Crippen MR) is 81.1 cm³/mol. The van der Waals surface area contributed by atoms with Gasteiger partial charge < -0.3 is 4.90 Å². The molecule has 1 rings (SSSR count). The van der Waals surface area contributed by atoms with E-state index in [9.17, 15) is 4.79 Å². The lowest BCUT2D eigenvalue weighted by atomic mass is 9.97. The van der Waals surface area contributed by atoms with Crippen LogP contribution in [0.5, 0.6) is 0 Å². The topological polar surface area (TPSA) is 20.3 Å². The third kappa shape index (κ3) is 4.56. The van der Waals surface area contributed by atoms with Crippen molar-refractivity contribution in [3.8, 4) is 0 Å². The van der Waals surface area contributed by atoms with Crippen molar-refractivity contribution in [2.75, 3.05) is 11.9 Å². The highest BCUT2D eigenvalue weighted by molar-refractivity contribution is 9.09. The van der Waals surface area contributed by atoms with Gasteiger partial charge in [-0.05, 0) is 25.7 Å². The fourth-order valence-corrected chi connectivity index (χ4v) is 3.35. The van der Waals surface area contributed by atoms with Crippen LogP contribution in [0, 0.1) is 5.92 Å². The van der Waals surface area contributed by atoms with E-state index in [1.165, 1.54) is 38.5 Å². The summed E-state index contributed by atoms with van der Waals surface area (Å²) >= 11 is 3.50. The van der Waals surface area contributed by atoms with Gasteiger partial charge in [0.15, 0.2) is 0 Å². The van der Waals surface area contributed by atoms with E-state index >= 15 is 0 Å². The summed E-state index contributed by atoms with van der Waals surface area (Å²) in [5, 5.41) is 0.902. The zero-order valence-corrected chi connectivity index (χ0v) is 13.5. The molecule has 0 spiro atoms. The van der Waals surface area contributed by atoms with E-state index in [2.05, 4.69) is 34.7 Å². The van der Waals surface area contributed by atoms with Crippen molar-refractivity contribution >= 4 is 21.8 Å². The lowest BCUT2D eigenvalue weighted by Crippen LogP contribution is -2.43. The van der Waals surface area contributed by atoms with E-state index < -0.39 is 0 Å². The fourth-order valence-electron chi connectivity index (χ4n) is 2.97. The van der Waals surface area contributed by atoms with Crippen LogP contribution >= 0.6 is 15.9 Å². The third-order valence-corrected chi connectivity index (χ3v) is 4.48. The standard InChI is InChI=1S/C15H28BrNO/c1-3-5-8-13(4-2)15(18)17(12-11-16)14-9-6-7-10-14/h13-14H,3-12H2,1-2H3. The maximum atomic E-state index is 12.7. The number of hydrogen-bond donors (Lipinski definition) is 0. The van der Waals surface area contributed by atoms with E-state index in [0.717, 1.165) is 24.7 Å². The van der Waals surface area contributed by atoms with E-state index in [0.29, 0.717) is 11.9 Å². The molecule has 1 saturated carbocycles. The number of halogens is 1. The van der Waals surface area contributed by atoms with Crippen molar-refractivity contribution in [3.63, 3.8) is 0 Å². The quantitative estimate of drug-likeness (QED) is 0.609. The number of alkyl halides is 1. The van der Waals surface area contributed by atoms with Gasteiger partial charge in [-0.15, -0.1) is 0 Å². The van der Waals surface area contributed by atoms with Crippen LogP contribution in [0.1, 0.15) is 65.2 Å². The van der Waals surface area contributed by atoms with Gasteiger partial charge in [0.1, 0.15) is 0 Å². The maximum Gasteiger partial charge on any atom is 0.225 e. The molecule has 0 bridgehead atoms. The minimum absolute atomic E-state index is 0.254. The molecule has 0 aromatic heterocycles. The van der Waals surface area contributed by atoms with Crippen LogP contribution in [0.25, 0.3) is 0 Å². The van der Waals surface area contributed by atoms with Crippen LogP contribution in [0.3, 0.4) is 0 Å². The predicted octanol–water partition coefficient (Wildman–Crippen LogP) is 4.37. The number of nitrogens with zero attached hydrogens (tertiary/aromatic N) is 1. The number of carbonyl (C=O) groups excluding carboxylic acids is 1. The van der Waals surface area contributed by atoms with E-state index in [-0.39, 0.29) is 5.92 Å². The van der Waals surface area contributed by atoms with Crippen LogP contribution in [-0.2, 0) is 4.79 Å². The van der Waals surface area contributed by atoms with Crippen molar-refractivity contribution in [1.29, 1.82) is 0 Å². The molecule has 0 saturated heterocycles. The van der Waals surface area contributed by atoms with Crippen molar-refractivity contribution in [1.82, 2.24) is 4.90 Å². The number of hydrogen-bond acceptors (Lipinski definition) is 1. The summed E-state index contributed by atoms with van der Waals surface area (Å²) in [7, 11) is 0. The zero-order valence-electron chi connectivity index (χ0n) is 12.0. The SMILES string of the molecule is CCCCC(CC)C(=O)N(CCBr)C1CCCC1. The number of carbonyl (C=O) groups is 1. The number of unbranched alkanes of at least 4 members (excludes halogenated alkanes) is 1. The highest BCUT2D eigenvalue weighted by Crippen LogP contribution is 2.26. The summed E-state index contributed by atoms with van der Waals surface area (Å²) in [5.41, 5.74) is 0. The van der Waals surface area contributed by atoms with E-state index in [1.807, 2.05) is 0 Å². The van der Waals surface area contributed by atoms with Crippen LogP contribution in [0.2, 0.25) is 0 Å². The van der Waals surface area contributed by atoms with Gasteiger partial charge in [0.05, 0.1) is 0 Å². The molecule has 0 heterocycles. The van der Waals surface area contributed by atoms with Gasteiger partial charge in [-0.2, -0.15) is 0 Å². The Morgan fingerprint density at radius 3 is 2.50 bits per heavy atom. The molecule has 2 nitrogen and oxygen atoms in total. The van der Waals surface area contributed by atoms with Crippen LogP contribution in [-0.4, -0.2) is 28.7 Å². The number of amides is 1. The highest BCUT2D eigenvalue weighted by Gasteiger charge is 2.29. The lowest BCUT2D eigenvalue weighted by molar-refractivity contribution is -0.137. The third-order valence-electron chi connectivity index (χ3n) is 4.12. The molecule has 1 aliphatic carbocycles. The van der Waals surface area contributed by atoms with Gasteiger partial charge in [-0.3, -0.25) is 4.79 Å². The maximum absolute atomic E-state index is 12.7. The molecule has 0 aromatic carbocycles. The first-order valence-corrected chi connectivity index (χ1v) is 8.73. The number of rotatable bonds is 8. The molecule has 0 radical (unpaired) electrons. The molecule has 0 aliphatic heterocycles. The Kier molecular flexibility index (Phi) is 7.96. The second-order valence-electron chi connectivity index (χ2n) is 5.41. The Hall–Kier alpha value is -0.0500. The van der Waals surface area contributed by atoms with Crippen molar-refractivity contribution < 1.29 is 4.79 Å². The molecule has 3 heteroatoms. The zero-order chi connectivity index (χ0) is 13.4. The Balaban J connectivity index is 2.60. The Bertz CT molecular complexity index is 239. The highest BCUT2D eigenvalue weighted by atomic mass is 79.9. The molecule has 106 valence electrons. The van der Waals surface area contributed by atoms with Crippen molar-refractivity contribution in [2.24, 2.45) is 5.92 Å². The second-order valence-corrected chi connectivity index (χ2v) is 6.20. The second kappa shape index (κ2) is 8.95. The first kappa shape index (κ1) is 16.0. The molecule has 1 aliphatic rings. The first-order chi connectivity index (χ1) is 8.74. The monoisotopic (exact) mass is 317 g/mol. The molecular weight excluding hydrogens is 290 g/mol. The molecule has 1 unspecified atom stereocenters.